The van der Waals surface area contributed by atoms with E-state index in [2.05, 4.69) is 15.6 Å². The van der Waals surface area contributed by atoms with E-state index in [9.17, 15) is 13.2 Å². The number of anilines is 3. The molecule has 0 saturated carbocycles. The molecule has 1 saturated heterocycles. The quantitative estimate of drug-likeness (QED) is 0.842. The zero-order chi connectivity index (χ0) is 19.2. The molecule has 27 heavy (non-hydrogen) atoms. The second-order valence-corrected chi connectivity index (χ2v) is 6.94. The van der Waals surface area contributed by atoms with Crippen LogP contribution in [0.5, 0.6) is 0 Å². The highest BCUT2D eigenvalue weighted by atomic mass is 19.4. The van der Waals surface area contributed by atoms with Gasteiger partial charge in [-0.1, -0.05) is 0 Å². The average molecular weight is 373 g/mol. The smallest absolute Gasteiger partial charge is 0.370 e. The number of nitrogens with one attached hydrogen (secondary N) is 2. The average Bonchev–Trinajstić information content (AvgIpc) is 2.93. The Morgan fingerprint density at radius 3 is 2.81 bits per heavy atom. The minimum atomic E-state index is -4.45. The molecule has 8 heteroatoms. The van der Waals surface area contributed by atoms with Gasteiger partial charge in [-0.15, -0.1) is 0 Å². The van der Waals surface area contributed by atoms with Gasteiger partial charge in [-0.25, -0.2) is 0 Å². The molecule has 5 nitrogen and oxygen atoms in total. The van der Waals surface area contributed by atoms with E-state index in [1.165, 1.54) is 12.4 Å². The van der Waals surface area contributed by atoms with E-state index in [4.69, 9.17) is 5.26 Å². The number of nitriles is 1. The fourth-order valence-electron chi connectivity index (χ4n) is 4.15. The molecule has 3 heterocycles. The summed E-state index contributed by atoms with van der Waals surface area (Å²) in [5.74, 6) is 0.0187. The number of fused-ring (bicyclic) bond motifs is 3. The summed E-state index contributed by atoms with van der Waals surface area (Å²) in [6.45, 7) is 1.47. The molecule has 2 aromatic rings. The van der Waals surface area contributed by atoms with Gasteiger partial charge in [-0.05, 0) is 36.7 Å². The van der Waals surface area contributed by atoms with Gasteiger partial charge < -0.3 is 15.5 Å². The van der Waals surface area contributed by atoms with Crippen molar-refractivity contribution in [1.29, 1.82) is 5.26 Å². The molecule has 4 rings (SSSR count). The lowest BCUT2D eigenvalue weighted by atomic mass is 9.89. The van der Waals surface area contributed by atoms with Gasteiger partial charge >= 0.3 is 6.18 Å². The number of hydrogen-bond acceptors (Lipinski definition) is 5. The first-order chi connectivity index (χ1) is 12.9. The summed E-state index contributed by atoms with van der Waals surface area (Å²) in [5, 5.41) is 15.2. The summed E-state index contributed by atoms with van der Waals surface area (Å²) in [4.78, 5) is 5.73. The first-order valence-corrected chi connectivity index (χ1v) is 8.69. The molecule has 140 valence electrons. The number of nitrogens with zero attached hydrogens (tertiary/aromatic N) is 3. The minimum Gasteiger partial charge on any atom is -0.370 e. The number of likely N-dealkylation sites (N-methyl/N-ethyl adjacent to an activating group) is 1. The second kappa shape index (κ2) is 6.43. The van der Waals surface area contributed by atoms with E-state index >= 15 is 0 Å². The van der Waals surface area contributed by atoms with Gasteiger partial charge in [0.15, 0.2) is 0 Å². The molecule has 2 atom stereocenters. The van der Waals surface area contributed by atoms with Crippen molar-refractivity contribution in [2.24, 2.45) is 0 Å². The molecule has 1 aromatic carbocycles. The maximum absolute atomic E-state index is 13.8. The maximum Gasteiger partial charge on any atom is 0.418 e. The molecule has 2 N–H and O–H groups in total. The maximum atomic E-state index is 13.8. The van der Waals surface area contributed by atoms with Crippen molar-refractivity contribution in [2.75, 3.05) is 30.4 Å². The van der Waals surface area contributed by atoms with Crippen LogP contribution in [0.15, 0.2) is 30.6 Å². The van der Waals surface area contributed by atoms with Crippen LogP contribution >= 0.6 is 0 Å². The third-order valence-electron chi connectivity index (χ3n) is 5.30. The third-order valence-corrected chi connectivity index (χ3v) is 5.30. The highest BCUT2D eigenvalue weighted by molar-refractivity contribution is 5.74. The Bertz CT molecular complexity index is 919. The summed E-state index contributed by atoms with van der Waals surface area (Å²) < 4.78 is 41.4. The van der Waals surface area contributed by atoms with Gasteiger partial charge in [0.05, 0.1) is 28.7 Å². The number of pyridine rings is 1. The van der Waals surface area contributed by atoms with Crippen LogP contribution in [-0.4, -0.2) is 31.2 Å². The predicted molar refractivity (Wildman–Crippen MR) is 96.1 cm³/mol. The Kier molecular flexibility index (Phi) is 4.19. The van der Waals surface area contributed by atoms with E-state index in [-0.39, 0.29) is 17.6 Å². The van der Waals surface area contributed by atoms with Crippen molar-refractivity contribution >= 4 is 17.1 Å². The fraction of sp³-hybridized carbons (Fsp3) is 0.368. The van der Waals surface area contributed by atoms with E-state index in [1.807, 2.05) is 6.07 Å². The standard InChI is InChI=1S/C19H18F3N5/c1-27-17-2-3-24-10-15(17)14-5-12(6-16(18(14)27)19(20,21)22)26-13-4-11(7-23)8-25-9-13/h4-6,8-9,15,17,24,26H,2-3,10H2,1H3. The number of piperidine rings is 1. The topological polar surface area (TPSA) is 64.0 Å². The lowest BCUT2D eigenvalue weighted by Gasteiger charge is -2.31. The van der Waals surface area contributed by atoms with Gasteiger partial charge in [-0.2, -0.15) is 18.4 Å². The van der Waals surface area contributed by atoms with Gasteiger partial charge in [-0.3, -0.25) is 4.98 Å². The zero-order valence-corrected chi connectivity index (χ0v) is 14.6. The third kappa shape index (κ3) is 3.08. The van der Waals surface area contributed by atoms with E-state index < -0.39 is 11.7 Å². The van der Waals surface area contributed by atoms with E-state index in [0.717, 1.165) is 19.0 Å². The Morgan fingerprint density at radius 2 is 2.07 bits per heavy atom. The van der Waals surface area contributed by atoms with Gasteiger partial charge in [0.2, 0.25) is 0 Å². The van der Waals surface area contributed by atoms with Crippen molar-refractivity contribution in [3.8, 4) is 6.07 Å². The molecule has 0 spiro atoms. The Morgan fingerprint density at radius 1 is 1.26 bits per heavy atom. The van der Waals surface area contributed by atoms with Crippen molar-refractivity contribution in [3.05, 3.63) is 47.3 Å². The number of alkyl halides is 3. The number of aromatic nitrogens is 1. The number of halogens is 3. The highest BCUT2D eigenvalue weighted by Gasteiger charge is 2.45. The van der Waals surface area contributed by atoms with Crippen LogP contribution in [0.4, 0.5) is 30.2 Å². The molecular formula is C19H18F3N5. The minimum absolute atomic E-state index is 0.0187. The molecule has 2 unspecified atom stereocenters. The molecule has 0 radical (unpaired) electrons. The van der Waals surface area contributed by atoms with Crippen LogP contribution in [-0.2, 0) is 6.18 Å². The second-order valence-electron chi connectivity index (χ2n) is 6.94. The molecule has 1 fully saturated rings. The number of benzene rings is 1. The Balaban J connectivity index is 1.80. The van der Waals surface area contributed by atoms with Crippen molar-refractivity contribution in [1.82, 2.24) is 10.3 Å². The monoisotopic (exact) mass is 373 g/mol. The van der Waals surface area contributed by atoms with Gasteiger partial charge in [0, 0.05) is 37.4 Å². The molecule has 0 amide bonds. The largest absolute Gasteiger partial charge is 0.418 e. The molecule has 2 aliphatic rings. The fourth-order valence-corrected chi connectivity index (χ4v) is 4.15. The van der Waals surface area contributed by atoms with Crippen molar-refractivity contribution < 1.29 is 13.2 Å². The van der Waals surface area contributed by atoms with Crippen LogP contribution in [0.3, 0.4) is 0 Å². The van der Waals surface area contributed by atoms with Crippen LogP contribution in [0.1, 0.15) is 29.0 Å². The summed E-state index contributed by atoms with van der Waals surface area (Å²) in [6.07, 6.45) is -0.756. The lowest BCUT2D eigenvalue weighted by Crippen LogP contribution is -2.42. The molecule has 2 aliphatic heterocycles. The van der Waals surface area contributed by atoms with Gasteiger partial charge in [0.25, 0.3) is 0 Å². The molecule has 1 aromatic heterocycles. The summed E-state index contributed by atoms with van der Waals surface area (Å²) in [6, 6.07) is 6.53. The van der Waals surface area contributed by atoms with Crippen LogP contribution in [0.2, 0.25) is 0 Å². The van der Waals surface area contributed by atoms with E-state index in [1.54, 1.807) is 24.1 Å². The first kappa shape index (κ1) is 17.6. The Hall–Kier alpha value is -2.79. The normalized spacial score (nSPS) is 21.4. The van der Waals surface area contributed by atoms with Crippen molar-refractivity contribution in [2.45, 2.75) is 24.6 Å². The van der Waals surface area contributed by atoms with Gasteiger partial charge in [0.1, 0.15) is 6.07 Å². The number of hydrogen-bond donors (Lipinski definition) is 2. The zero-order valence-electron chi connectivity index (χ0n) is 14.6. The van der Waals surface area contributed by atoms with Crippen LogP contribution < -0.4 is 15.5 Å². The van der Waals surface area contributed by atoms with Crippen LogP contribution in [0, 0.1) is 11.3 Å². The summed E-state index contributed by atoms with van der Waals surface area (Å²) in [5.41, 5.74) is 1.51. The summed E-state index contributed by atoms with van der Waals surface area (Å²) in [7, 11) is 1.75. The predicted octanol–water partition coefficient (Wildman–Crippen LogP) is 3.61. The number of rotatable bonds is 2. The SMILES string of the molecule is CN1c2c(cc(Nc3cncc(C#N)c3)cc2C(F)(F)F)C2CNCCC21. The first-order valence-electron chi connectivity index (χ1n) is 8.69. The van der Waals surface area contributed by atoms with Crippen LogP contribution in [0.25, 0.3) is 0 Å². The molecular weight excluding hydrogens is 355 g/mol. The van der Waals surface area contributed by atoms with E-state index in [0.29, 0.717) is 29.0 Å². The summed E-state index contributed by atoms with van der Waals surface area (Å²) >= 11 is 0. The highest BCUT2D eigenvalue weighted by Crippen LogP contribution is 2.50. The van der Waals surface area contributed by atoms with Crippen molar-refractivity contribution in [3.63, 3.8) is 0 Å². The molecule has 0 aliphatic carbocycles. The Labute approximate surface area is 154 Å². The lowest BCUT2D eigenvalue weighted by molar-refractivity contribution is -0.137. The molecule has 0 bridgehead atoms.